The molecule has 1 saturated heterocycles. The Labute approximate surface area is 123 Å². The maximum atomic E-state index is 13.4. The summed E-state index contributed by atoms with van der Waals surface area (Å²) in [4.78, 5) is 13.4. The summed E-state index contributed by atoms with van der Waals surface area (Å²) < 4.78 is 28.8. The number of rotatable bonds is 5. The van der Waals surface area contributed by atoms with Crippen molar-refractivity contribution in [1.29, 1.82) is 0 Å². The summed E-state index contributed by atoms with van der Waals surface area (Å²) in [6.07, 6.45) is 0.0403. The smallest absolute Gasteiger partial charge is 0.308 e. The monoisotopic (exact) mass is 297 g/mol. The highest BCUT2D eigenvalue weighted by Gasteiger charge is 2.24. The average Bonchev–Trinajstić information content (AvgIpc) is 2.48. The molecule has 1 atom stereocenters. The molecule has 0 amide bonds. The Morgan fingerprint density at radius 3 is 3.00 bits per heavy atom. The molecule has 116 valence electrons. The number of carbonyl (C=O) groups is 1. The topological polar surface area (TPSA) is 48.0 Å². The lowest BCUT2D eigenvalue weighted by Crippen LogP contribution is -2.42. The minimum atomic E-state index is -0.287. The predicted molar refractivity (Wildman–Crippen MR) is 74.6 cm³/mol. The van der Waals surface area contributed by atoms with Gasteiger partial charge >= 0.3 is 5.97 Å². The second-order valence-corrected chi connectivity index (χ2v) is 4.96. The fourth-order valence-corrected chi connectivity index (χ4v) is 2.43. The molecular weight excluding hydrogens is 277 g/mol. The maximum Gasteiger partial charge on any atom is 0.308 e. The first-order valence-corrected chi connectivity index (χ1v) is 6.85. The van der Waals surface area contributed by atoms with E-state index in [0.717, 1.165) is 12.1 Å². The van der Waals surface area contributed by atoms with Gasteiger partial charge in [0.25, 0.3) is 0 Å². The Kier molecular flexibility index (Phi) is 5.52. The summed E-state index contributed by atoms with van der Waals surface area (Å²) in [5.41, 5.74) is 0.788. The normalized spacial score (nSPS) is 19.3. The van der Waals surface area contributed by atoms with Crippen LogP contribution in [0.15, 0.2) is 18.2 Å². The fourth-order valence-electron chi connectivity index (χ4n) is 2.43. The summed E-state index contributed by atoms with van der Waals surface area (Å²) in [6, 6.07) is 4.47. The molecule has 0 radical (unpaired) electrons. The van der Waals surface area contributed by atoms with E-state index in [2.05, 4.69) is 9.64 Å². The van der Waals surface area contributed by atoms with E-state index in [0.29, 0.717) is 25.4 Å². The van der Waals surface area contributed by atoms with Gasteiger partial charge in [0, 0.05) is 25.2 Å². The molecule has 0 saturated carbocycles. The van der Waals surface area contributed by atoms with Crippen LogP contribution in [0.1, 0.15) is 12.0 Å². The number of ether oxygens (including phenoxy) is 3. The van der Waals surface area contributed by atoms with Crippen molar-refractivity contribution >= 4 is 5.97 Å². The van der Waals surface area contributed by atoms with E-state index < -0.39 is 0 Å². The molecule has 0 aliphatic carbocycles. The Bertz CT molecular complexity index is 495. The van der Waals surface area contributed by atoms with Crippen LogP contribution >= 0.6 is 0 Å². The largest absolute Gasteiger partial charge is 0.496 e. The van der Waals surface area contributed by atoms with Gasteiger partial charge in [-0.1, -0.05) is 0 Å². The first kappa shape index (κ1) is 15.7. The molecule has 2 rings (SSSR count). The summed E-state index contributed by atoms with van der Waals surface area (Å²) in [7, 11) is 2.93. The number of hydrogen-bond donors (Lipinski definition) is 0. The number of methoxy groups -OCH3 is 2. The Balaban J connectivity index is 1.99. The Morgan fingerprint density at radius 2 is 2.29 bits per heavy atom. The number of morpholine rings is 1. The third-order valence-electron chi connectivity index (χ3n) is 3.48. The van der Waals surface area contributed by atoms with Gasteiger partial charge in [0.05, 0.1) is 33.4 Å². The van der Waals surface area contributed by atoms with Crippen LogP contribution in [0.25, 0.3) is 0 Å². The second-order valence-electron chi connectivity index (χ2n) is 4.96. The van der Waals surface area contributed by atoms with Crippen LogP contribution in [0.5, 0.6) is 5.75 Å². The lowest BCUT2D eigenvalue weighted by atomic mass is 10.1. The van der Waals surface area contributed by atoms with Gasteiger partial charge in [0.1, 0.15) is 11.6 Å². The maximum absolute atomic E-state index is 13.4. The number of esters is 1. The zero-order valence-electron chi connectivity index (χ0n) is 12.3. The summed E-state index contributed by atoms with van der Waals surface area (Å²) in [5, 5.41) is 0. The zero-order chi connectivity index (χ0) is 15.2. The lowest BCUT2D eigenvalue weighted by molar-refractivity contribution is -0.145. The number of carbonyl (C=O) groups excluding carboxylic acids is 1. The summed E-state index contributed by atoms with van der Waals surface area (Å²) in [6.45, 7) is 2.44. The summed E-state index contributed by atoms with van der Waals surface area (Å²) in [5.74, 6) is 0.0859. The minimum Gasteiger partial charge on any atom is -0.496 e. The van der Waals surface area contributed by atoms with Crippen LogP contribution in [-0.2, 0) is 20.8 Å². The molecule has 1 heterocycles. The number of nitrogens with zero attached hydrogens (tertiary/aromatic N) is 1. The fraction of sp³-hybridized carbons (Fsp3) is 0.533. The van der Waals surface area contributed by atoms with E-state index in [9.17, 15) is 9.18 Å². The van der Waals surface area contributed by atoms with E-state index in [1.165, 1.54) is 19.2 Å². The van der Waals surface area contributed by atoms with Gasteiger partial charge in [-0.05, 0) is 18.2 Å². The van der Waals surface area contributed by atoms with Gasteiger partial charge in [0.15, 0.2) is 0 Å². The van der Waals surface area contributed by atoms with Crippen molar-refractivity contribution in [3.05, 3.63) is 29.6 Å². The van der Waals surface area contributed by atoms with Crippen LogP contribution in [0.3, 0.4) is 0 Å². The third kappa shape index (κ3) is 4.41. The quantitative estimate of drug-likeness (QED) is 0.773. The van der Waals surface area contributed by atoms with E-state index >= 15 is 0 Å². The molecule has 21 heavy (non-hydrogen) atoms. The molecule has 1 aromatic rings. The first-order valence-electron chi connectivity index (χ1n) is 6.85. The molecule has 6 heteroatoms. The van der Waals surface area contributed by atoms with E-state index in [1.807, 2.05) is 0 Å². The number of hydrogen-bond acceptors (Lipinski definition) is 5. The van der Waals surface area contributed by atoms with Gasteiger partial charge in [0.2, 0.25) is 0 Å². The predicted octanol–water partition coefficient (Wildman–Crippen LogP) is 1.60. The van der Waals surface area contributed by atoms with Crippen molar-refractivity contribution in [1.82, 2.24) is 4.90 Å². The molecule has 1 fully saturated rings. The highest BCUT2D eigenvalue weighted by atomic mass is 19.1. The average molecular weight is 297 g/mol. The van der Waals surface area contributed by atoms with Gasteiger partial charge in [-0.3, -0.25) is 9.69 Å². The van der Waals surface area contributed by atoms with Crippen molar-refractivity contribution in [2.45, 2.75) is 19.1 Å². The van der Waals surface area contributed by atoms with Gasteiger partial charge < -0.3 is 14.2 Å². The molecule has 1 aliphatic rings. The van der Waals surface area contributed by atoms with Gasteiger partial charge in [-0.2, -0.15) is 0 Å². The molecule has 5 nitrogen and oxygen atoms in total. The standard InChI is InChI=1S/C15H20FNO4/c1-19-14-4-3-12(16)7-11(14)9-17-5-6-21-13(10-17)8-15(18)20-2/h3-4,7,13H,5-6,8-10H2,1-2H3. The molecule has 1 aromatic carbocycles. The highest BCUT2D eigenvalue weighted by molar-refractivity contribution is 5.69. The molecule has 0 spiro atoms. The van der Waals surface area contributed by atoms with E-state index in [1.54, 1.807) is 13.2 Å². The number of benzene rings is 1. The van der Waals surface area contributed by atoms with Crippen molar-refractivity contribution < 1.29 is 23.4 Å². The first-order chi connectivity index (χ1) is 10.1. The molecule has 0 N–H and O–H groups in total. The summed E-state index contributed by atoms with van der Waals surface area (Å²) >= 11 is 0. The number of halogens is 1. The van der Waals surface area contributed by atoms with Crippen LogP contribution < -0.4 is 4.74 Å². The van der Waals surface area contributed by atoms with Crippen LogP contribution in [0, 0.1) is 5.82 Å². The Hall–Kier alpha value is -1.66. The molecular formula is C15H20FNO4. The molecule has 0 aromatic heterocycles. The van der Waals surface area contributed by atoms with E-state index in [-0.39, 0.29) is 24.3 Å². The van der Waals surface area contributed by atoms with Crippen molar-refractivity contribution in [3.63, 3.8) is 0 Å². The second kappa shape index (κ2) is 7.38. The van der Waals surface area contributed by atoms with Gasteiger partial charge in [-0.25, -0.2) is 4.39 Å². The van der Waals surface area contributed by atoms with Crippen LogP contribution in [0.2, 0.25) is 0 Å². The SMILES string of the molecule is COC(=O)CC1CN(Cc2cc(F)ccc2OC)CCO1. The van der Waals surface area contributed by atoms with Crippen molar-refractivity contribution in [2.75, 3.05) is 33.9 Å². The van der Waals surface area contributed by atoms with Crippen molar-refractivity contribution in [2.24, 2.45) is 0 Å². The molecule has 0 bridgehead atoms. The van der Waals surface area contributed by atoms with Crippen LogP contribution in [-0.4, -0.2) is 50.9 Å². The van der Waals surface area contributed by atoms with Gasteiger partial charge in [-0.15, -0.1) is 0 Å². The zero-order valence-corrected chi connectivity index (χ0v) is 12.3. The minimum absolute atomic E-state index is 0.189. The Morgan fingerprint density at radius 1 is 1.48 bits per heavy atom. The lowest BCUT2D eigenvalue weighted by Gasteiger charge is -2.32. The highest BCUT2D eigenvalue weighted by Crippen LogP contribution is 2.22. The van der Waals surface area contributed by atoms with Crippen LogP contribution in [0.4, 0.5) is 4.39 Å². The van der Waals surface area contributed by atoms with E-state index in [4.69, 9.17) is 9.47 Å². The molecule has 1 aliphatic heterocycles. The third-order valence-corrected chi connectivity index (χ3v) is 3.48. The molecule has 1 unspecified atom stereocenters. The van der Waals surface area contributed by atoms with Crippen molar-refractivity contribution in [3.8, 4) is 5.75 Å².